The molecule has 19 heavy (non-hydrogen) atoms. The van der Waals surface area contributed by atoms with E-state index in [2.05, 4.69) is 10.4 Å². The number of rotatable bonds is 2. The Hall–Kier alpha value is -1.23. The van der Waals surface area contributed by atoms with Gasteiger partial charge in [-0.05, 0) is 18.5 Å². The van der Waals surface area contributed by atoms with Crippen LogP contribution in [0.25, 0.3) is 11.1 Å². The molecule has 1 saturated heterocycles. The summed E-state index contributed by atoms with van der Waals surface area (Å²) in [5.74, 6) is 0. The molecule has 1 atom stereocenters. The summed E-state index contributed by atoms with van der Waals surface area (Å²) in [6.07, 6.45) is 2.99. The van der Waals surface area contributed by atoms with E-state index in [-0.39, 0.29) is 30.4 Å². The Labute approximate surface area is 124 Å². The smallest absolute Gasteiger partial charge is 0.271 e. The highest BCUT2D eigenvalue weighted by molar-refractivity contribution is 5.85. The summed E-state index contributed by atoms with van der Waals surface area (Å²) >= 11 is 0. The molecular formula is C13H17Cl2N3O. The summed E-state index contributed by atoms with van der Waals surface area (Å²) in [6, 6.07) is 10.1. The fraction of sp³-hybridized carbons (Fsp3) is 0.308. The maximum absolute atomic E-state index is 11.9. The minimum atomic E-state index is -0.0110. The van der Waals surface area contributed by atoms with Crippen molar-refractivity contribution in [2.24, 2.45) is 0 Å². The van der Waals surface area contributed by atoms with Gasteiger partial charge < -0.3 is 5.32 Å². The molecule has 1 aliphatic heterocycles. The van der Waals surface area contributed by atoms with Gasteiger partial charge in [-0.25, -0.2) is 0 Å². The maximum atomic E-state index is 11.9. The lowest BCUT2D eigenvalue weighted by Gasteiger charge is -2.08. The van der Waals surface area contributed by atoms with Gasteiger partial charge in [-0.15, -0.1) is 24.8 Å². The molecule has 1 aromatic carbocycles. The molecule has 2 heterocycles. The van der Waals surface area contributed by atoms with E-state index in [1.165, 1.54) is 0 Å². The van der Waals surface area contributed by atoms with E-state index >= 15 is 0 Å². The molecule has 4 nitrogen and oxygen atoms in total. The van der Waals surface area contributed by atoms with Crippen LogP contribution in [-0.2, 0) is 0 Å². The third-order valence-electron chi connectivity index (χ3n) is 3.26. The maximum Gasteiger partial charge on any atom is 0.271 e. The van der Waals surface area contributed by atoms with Crippen molar-refractivity contribution in [1.82, 2.24) is 15.1 Å². The Morgan fingerprint density at radius 2 is 1.89 bits per heavy atom. The Morgan fingerprint density at radius 3 is 2.53 bits per heavy atom. The second-order valence-electron chi connectivity index (χ2n) is 4.40. The fourth-order valence-electron chi connectivity index (χ4n) is 2.30. The second-order valence-corrected chi connectivity index (χ2v) is 4.40. The molecule has 1 unspecified atom stereocenters. The summed E-state index contributed by atoms with van der Waals surface area (Å²) in [6.45, 7) is 1.95. The van der Waals surface area contributed by atoms with Crippen LogP contribution in [0.3, 0.4) is 0 Å². The zero-order valence-electron chi connectivity index (χ0n) is 10.3. The fourth-order valence-corrected chi connectivity index (χ4v) is 2.30. The van der Waals surface area contributed by atoms with Gasteiger partial charge in [0.1, 0.15) is 0 Å². The van der Waals surface area contributed by atoms with Crippen LogP contribution in [0.15, 0.2) is 41.3 Å². The molecular weight excluding hydrogens is 285 g/mol. The van der Waals surface area contributed by atoms with E-state index in [0.29, 0.717) is 6.04 Å². The molecule has 0 radical (unpaired) electrons. The Bertz CT molecular complexity index is 559. The quantitative estimate of drug-likeness (QED) is 0.893. The van der Waals surface area contributed by atoms with E-state index < -0.39 is 0 Å². The molecule has 1 aromatic heterocycles. The third-order valence-corrected chi connectivity index (χ3v) is 3.26. The van der Waals surface area contributed by atoms with Crippen molar-refractivity contribution in [2.75, 3.05) is 13.1 Å². The predicted octanol–water partition coefficient (Wildman–Crippen LogP) is 2.22. The first-order valence-corrected chi connectivity index (χ1v) is 5.92. The first-order chi connectivity index (χ1) is 8.34. The molecule has 2 aromatic rings. The summed E-state index contributed by atoms with van der Waals surface area (Å²) in [7, 11) is 0. The molecule has 1 aliphatic rings. The van der Waals surface area contributed by atoms with Crippen molar-refractivity contribution in [3.63, 3.8) is 0 Å². The minimum Gasteiger partial charge on any atom is -0.315 e. The van der Waals surface area contributed by atoms with Gasteiger partial charge in [0.25, 0.3) is 5.56 Å². The lowest BCUT2D eigenvalue weighted by molar-refractivity contribution is 0.487. The lowest BCUT2D eigenvalue weighted by atomic mass is 10.1. The average Bonchev–Trinajstić information content (AvgIpc) is 2.99. The van der Waals surface area contributed by atoms with Crippen LogP contribution >= 0.6 is 24.8 Å². The minimum absolute atomic E-state index is 0. The van der Waals surface area contributed by atoms with Gasteiger partial charge in [-0.3, -0.25) is 14.6 Å². The molecule has 0 aliphatic carbocycles. The average molecular weight is 302 g/mol. The molecule has 1 fully saturated rings. The molecule has 0 spiro atoms. The first kappa shape index (κ1) is 15.8. The molecule has 2 N–H and O–H groups in total. The van der Waals surface area contributed by atoms with Gasteiger partial charge in [0.05, 0.1) is 11.6 Å². The number of hydrogen-bond acceptors (Lipinski definition) is 2. The van der Waals surface area contributed by atoms with Gasteiger partial charge >= 0.3 is 0 Å². The van der Waals surface area contributed by atoms with Crippen LogP contribution in [0.4, 0.5) is 0 Å². The highest BCUT2D eigenvalue weighted by Crippen LogP contribution is 2.18. The highest BCUT2D eigenvalue weighted by atomic mass is 35.5. The number of aromatic amines is 1. The number of benzene rings is 1. The number of H-pyrrole nitrogens is 1. The normalized spacial score (nSPS) is 17.6. The summed E-state index contributed by atoms with van der Waals surface area (Å²) in [5, 5.41) is 6.20. The third kappa shape index (κ3) is 3.21. The number of nitrogens with zero attached hydrogens (tertiary/aromatic N) is 1. The molecule has 0 amide bonds. The van der Waals surface area contributed by atoms with Crippen molar-refractivity contribution < 1.29 is 0 Å². The van der Waals surface area contributed by atoms with Crippen LogP contribution in [-0.4, -0.2) is 22.9 Å². The Kier molecular flexibility index (Phi) is 5.66. The van der Waals surface area contributed by atoms with E-state index in [9.17, 15) is 4.79 Å². The molecule has 0 bridgehead atoms. The topological polar surface area (TPSA) is 49.8 Å². The van der Waals surface area contributed by atoms with Gasteiger partial charge in [0.15, 0.2) is 0 Å². The SMILES string of the molecule is Cl.Cl.O=c1[nH]n(C2CCNC2)cc1-c1ccccc1. The van der Waals surface area contributed by atoms with Gasteiger partial charge in [0, 0.05) is 12.7 Å². The van der Waals surface area contributed by atoms with E-state index in [1.807, 2.05) is 41.2 Å². The zero-order chi connectivity index (χ0) is 11.7. The molecule has 3 rings (SSSR count). The second kappa shape index (κ2) is 6.80. The number of nitrogens with one attached hydrogen (secondary N) is 2. The summed E-state index contributed by atoms with van der Waals surface area (Å²) in [4.78, 5) is 11.9. The zero-order valence-corrected chi connectivity index (χ0v) is 12.0. The molecule has 0 saturated carbocycles. The van der Waals surface area contributed by atoms with Crippen LogP contribution in [0, 0.1) is 0 Å². The first-order valence-electron chi connectivity index (χ1n) is 5.92. The van der Waals surface area contributed by atoms with Crippen LogP contribution in [0.2, 0.25) is 0 Å². The van der Waals surface area contributed by atoms with Crippen LogP contribution < -0.4 is 10.9 Å². The summed E-state index contributed by atoms with van der Waals surface area (Å²) < 4.78 is 1.94. The highest BCUT2D eigenvalue weighted by Gasteiger charge is 2.18. The molecule has 6 heteroatoms. The Balaban J connectivity index is 0.000000902. The van der Waals surface area contributed by atoms with E-state index in [0.717, 1.165) is 30.6 Å². The van der Waals surface area contributed by atoms with Gasteiger partial charge in [-0.1, -0.05) is 30.3 Å². The number of halogens is 2. The molecule has 104 valence electrons. The predicted molar refractivity (Wildman–Crippen MR) is 81.5 cm³/mol. The number of hydrogen-bond donors (Lipinski definition) is 2. The lowest BCUT2D eigenvalue weighted by Crippen LogP contribution is -2.15. The van der Waals surface area contributed by atoms with Crippen molar-refractivity contribution in [1.29, 1.82) is 0 Å². The van der Waals surface area contributed by atoms with Crippen LogP contribution in [0.5, 0.6) is 0 Å². The standard InChI is InChI=1S/C13H15N3O.2ClH/c17-13-12(10-4-2-1-3-5-10)9-16(15-13)11-6-7-14-8-11;;/h1-5,9,11,14H,6-8H2,(H,15,17);2*1H. The van der Waals surface area contributed by atoms with Crippen molar-refractivity contribution in [3.8, 4) is 11.1 Å². The largest absolute Gasteiger partial charge is 0.315 e. The summed E-state index contributed by atoms with van der Waals surface area (Å²) in [5.41, 5.74) is 1.71. The van der Waals surface area contributed by atoms with Crippen molar-refractivity contribution in [2.45, 2.75) is 12.5 Å². The number of aromatic nitrogens is 2. The van der Waals surface area contributed by atoms with Crippen molar-refractivity contribution >= 4 is 24.8 Å². The van der Waals surface area contributed by atoms with Crippen LogP contribution in [0.1, 0.15) is 12.5 Å². The van der Waals surface area contributed by atoms with E-state index in [1.54, 1.807) is 0 Å². The van der Waals surface area contributed by atoms with E-state index in [4.69, 9.17) is 0 Å². The van der Waals surface area contributed by atoms with Gasteiger partial charge in [0.2, 0.25) is 0 Å². The van der Waals surface area contributed by atoms with Crippen molar-refractivity contribution in [3.05, 3.63) is 46.9 Å². The Morgan fingerprint density at radius 1 is 1.16 bits per heavy atom. The monoisotopic (exact) mass is 301 g/mol. The van der Waals surface area contributed by atoms with Gasteiger partial charge in [-0.2, -0.15) is 0 Å².